The van der Waals surface area contributed by atoms with Crippen LogP contribution in [0.1, 0.15) is 143 Å². The van der Waals surface area contributed by atoms with Crippen LogP contribution in [0.5, 0.6) is 0 Å². The number of ketones is 1. The molecule has 0 aliphatic heterocycles. The molecule has 0 radical (unpaired) electrons. The van der Waals surface area contributed by atoms with Gasteiger partial charge in [-0.2, -0.15) is 13.2 Å². The van der Waals surface area contributed by atoms with Crippen LogP contribution in [0.4, 0.5) is 18.0 Å². The molecule has 0 aromatic heterocycles. The maximum absolute atomic E-state index is 14.4. The van der Waals surface area contributed by atoms with Gasteiger partial charge in [0.2, 0.25) is 0 Å². The molecule has 6 bridgehead atoms. The minimum atomic E-state index is -4.60. The molecule has 5 fully saturated rings. The van der Waals surface area contributed by atoms with Gasteiger partial charge in [0.25, 0.3) is 0 Å². The average molecular weight is 749 g/mol. The zero-order valence-electron chi connectivity index (χ0n) is 32.5. The molecule has 294 valence electrons. The second kappa shape index (κ2) is 14.7. The zero-order valence-corrected chi connectivity index (χ0v) is 32.5. The molecule has 54 heavy (non-hydrogen) atoms. The first-order valence-corrected chi connectivity index (χ1v) is 20.4. The molecular formula is C45H59F3N2O4. The monoisotopic (exact) mass is 748 g/mol. The minimum absolute atomic E-state index is 0.0504. The maximum atomic E-state index is 14.4. The Hall–Kier alpha value is -3.17. The molecule has 0 saturated heterocycles. The van der Waals surface area contributed by atoms with Gasteiger partial charge < -0.3 is 20.4 Å². The van der Waals surface area contributed by atoms with Crippen LogP contribution in [0.15, 0.2) is 54.1 Å². The Bertz CT molecular complexity index is 1730. The van der Waals surface area contributed by atoms with E-state index in [0.717, 1.165) is 37.0 Å². The fraction of sp³-hybridized carbons (Fsp3) is 0.644. The first kappa shape index (κ1) is 39.1. The van der Waals surface area contributed by atoms with Crippen molar-refractivity contribution in [3.05, 3.63) is 81.9 Å². The molecule has 2 amide bonds. The quantitative estimate of drug-likeness (QED) is 0.194. The van der Waals surface area contributed by atoms with Crippen LogP contribution < -0.4 is 5.32 Å². The summed E-state index contributed by atoms with van der Waals surface area (Å²) in [5, 5.41) is 27.3. The van der Waals surface area contributed by atoms with E-state index >= 15 is 0 Å². The standard InChI is InChI=1S/C45H59F3N2O4/c1-28(2)49-41(53)50(26-43-23-31-17-32(24-43)19-33(18-31)25-43)27-44(54)16-14-39-37-13-11-30(20-36(51)12-10-29(3)7-6-15-42(39,44)4)21-38(37)40(52)34-8-5-9-35(22-34)45(46,47)48/h5,7-9,11,13,21-22,28,31-33,36,39,51,54H,6,10,12,14-20,23-27H2,1-4H3,(H,49,53). The Morgan fingerprint density at radius 1 is 0.963 bits per heavy atom. The molecule has 7 aliphatic rings. The normalized spacial score (nSPS) is 33.7. The third kappa shape index (κ3) is 7.78. The highest BCUT2D eigenvalue weighted by atomic mass is 19.4. The predicted octanol–water partition coefficient (Wildman–Crippen LogP) is 9.61. The summed E-state index contributed by atoms with van der Waals surface area (Å²) < 4.78 is 41.4. The summed E-state index contributed by atoms with van der Waals surface area (Å²) >= 11 is 0. The third-order valence-corrected chi connectivity index (χ3v) is 14.2. The first-order chi connectivity index (χ1) is 25.5. The largest absolute Gasteiger partial charge is 0.416 e. The van der Waals surface area contributed by atoms with Crippen molar-refractivity contribution in [3.8, 4) is 0 Å². The van der Waals surface area contributed by atoms with Gasteiger partial charge in [0, 0.05) is 29.1 Å². The van der Waals surface area contributed by atoms with Gasteiger partial charge in [0.15, 0.2) is 5.78 Å². The van der Waals surface area contributed by atoms with E-state index in [4.69, 9.17) is 0 Å². The molecule has 2 aromatic carbocycles. The molecule has 4 atom stereocenters. The second-order valence-corrected chi connectivity index (χ2v) is 18.7. The van der Waals surface area contributed by atoms with Crippen molar-refractivity contribution in [1.82, 2.24) is 10.2 Å². The van der Waals surface area contributed by atoms with Crippen molar-refractivity contribution in [3.63, 3.8) is 0 Å². The van der Waals surface area contributed by atoms with Crippen LogP contribution in [0, 0.1) is 28.6 Å². The number of carbonyl (C=O) groups excluding carboxylic acids is 2. The van der Waals surface area contributed by atoms with Gasteiger partial charge in [0.05, 0.1) is 23.8 Å². The van der Waals surface area contributed by atoms with E-state index in [0.29, 0.717) is 80.4 Å². The number of nitrogens with one attached hydrogen (secondary N) is 1. The molecule has 0 heterocycles. The van der Waals surface area contributed by atoms with Crippen molar-refractivity contribution in [2.75, 3.05) is 13.1 Å². The highest BCUT2D eigenvalue weighted by Crippen LogP contribution is 2.62. The van der Waals surface area contributed by atoms with Crippen molar-refractivity contribution in [2.45, 2.75) is 141 Å². The van der Waals surface area contributed by atoms with Crippen LogP contribution in [0.2, 0.25) is 0 Å². The van der Waals surface area contributed by atoms with Gasteiger partial charge in [-0.05, 0) is 163 Å². The van der Waals surface area contributed by atoms with E-state index in [1.807, 2.05) is 30.9 Å². The Kier molecular flexibility index (Phi) is 10.7. The second-order valence-electron chi connectivity index (χ2n) is 18.7. The van der Waals surface area contributed by atoms with Gasteiger partial charge in [0.1, 0.15) is 0 Å². The number of amides is 2. The Morgan fingerprint density at radius 2 is 1.65 bits per heavy atom. The number of aliphatic hydroxyl groups is 2. The van der Waals surface area contributed by atoms with Gasteiger partial charge in [-0.1, -0.05) is 42.8 Å². The van der Waals surface area contributed by atoms with E-state index in [-0.39, 0.29) is 35.5 Å². The van der Waals surface area contributed by atoms with E-state index in [1.54, 1.807) is 6.07 Å². The van der Waals surface area contributed by atoms with Crippen molar-refractivity contribution in [1.29, 1.82) is 0 Å². The molecule has 2 aromatic rings. The molecule has 3 N–H and O–H groups in total. The molecule has 0 spiro atoms. The van der Waals surface area contributed by atoms with Crippen LogP contribution in [0.25, 0.3) is 0 Å². The highest BCUT2D eigenvalue weighted by Gasteiger charge is 2.59. The molecule has 9 rings (SSSR count). The van der Waals surface area contributed by atoms with Gasteiger partial charge in [-0.25, -0.2) is 4.79 Å². The molecule has 6 nitrogen and oxygen atoms in total. The maximum Gasteiger partial charge on any atom is 0.416 e. The number of allylic oxidation sites excluding steroid dienone is 2. The van der Waals surface area contributed by atoms with Gasteiger partial charge in [-0.15, -0.1) is 0 Å². The lowest BCUT2D eigenvalue weighted by Crippen LogP contribution is -2.59. The molecular weight excluding hydrogens is 689 g/mol. The Morgan fingerprint density at radius 3 is 2.30 bits per heavy atom. The summed E-state index contributed by atoms with van der Waals surface area (Å²) in [5.74, 6) is 1.34. The van der Waals surface area contributed by atoms with Crippen LogP contribution in [0.3, 0.4) is 0 Å². The van der Waals surface area contributed by atoms with Crippen molar-refractivity contribution >= 4 is 11.8 Å². The van der Waals surface area contributed by atoms with Crippen molar-refractivity contribution < 1.29 is 33.0 Å². The molecule has 9 heteroatoms. The van der Waals surface area contributed by atoms with Crippen LogP contribution in [-0.2, 0) is 12.6 Å². The number of hydrogen-bond donors (Lipinski definition) is 3. The minimum Gasteiger partial charge on any atom is -0.393 e. The number of urea groups is 1. The van der Waals surface area contributed by atoms with Crippen molar-refractivity contribution in [2.24, 2.45) is 28.6 Å². The fourth-order valence-electron chi connectivity index (χ4n) is 11.9. The number of aliphatic hydroxyl groups excluding tert-OH is 1. The molecule has 5 saturated carbocycles. The van der Waals surface area contributed by atoms with E-state index in [1.165, 1.54) is 37.0 Å². The zero-order chi connectivity index (χ0) is 38.6. The lowest BCUT2D eigenvalue weighted by atomic mass is 9.49. The number of alkyl halides is 3. The smallest absolute Gasteiger partial charge is 0.393 e. The lowest BCUT2D eigenvalue weighted by Gasteiger charge is -2.58. The number of fused-ring (bicyclic) bond motifs is 8. The third-order valence-electron chi connectivity index (χ3n) is 14.2. The summed E-state index contributed by atoms with van der Waals surface area (Å²) in [6, 6.07) is 9.94. The molecule has 4 unspecified atom stereocenters. The average Bonchev–Trinajstić information content (AvgIpc) is 3.34. The Labute approximate surface area is 319 Å². The van der Waals surface area contributed by atoms with E-state index in [9.17, 15) is 33.0 Å². The van der Waals surface area contributed by atoms with Crippen LogP contribution >= 0.6 is 0 Å². The number of halogens is 3. The SMILES string of the molecule is CC1=CCCC2(C)C(CCC2(O)CN(CC23CC4CC(CC(C4)C2)C3)C(=O)NC(C)C)c2ccc(cc2C(=O)c2cccc(C(F)(F)F)c2)CC(O)CC1. The number of benzene rings is 2. The summed E-state index contributed by atoms with van der Waals surface area (Å²) in [5.41, 5.74) is -0.0304. The number of carbonyl (C=O) groups is 2. The predicted molar refractivity (Wildman–Crippen MR) is 204 cm³/mol. The first-order valence-electron chi connectivity index (χ1n) is 20.4. The van der Waals surface area contributed by atoms with Gasteiger partial charge in [-0.3, -0.25) is 4.79 Å². The van der Waals surface area contributed by atoms with E-state index < -0.39 is 34.6 Å². The number of rotatable bonds is 7. The van der Waals surface area contributed by atoms with Crippen LogP contribution in [-0.4, -0.2) is 57.8 Å². The highest BCUT2D eigenvalue weighted by molar-refractivity contribution is 6.10. The molecule has 7 aliphatic carbocycles. The Balaban J connectivity index is 1.28. The summed E-state index contributed by atoms with van der Waals surface area (Å²) in [6.07, 6.45) is 8.02. The summed E-state index contributed by atoms with van der Waals surface area (Å²) in [6.45, 7) is 8.87. The number of hydrogen-bond acceptors (Lipinski definition) is 4. The lowest BCUT2D eigenvalue weighted by molar-refractivity contribution is -0.137. The topological polar surface area (TPSA) is 89.9 Å². The fourth-order valence-corrected chi connectivity index (χ4v) is 11.9. The summed E-state index contributed by atoms with van der Waals surface area (Å²) in [7, 11) is 0. The number of nitrogens with zero attached hydrogens (tertiary/aromatic N) is 1. The van der Waals surface area contributed by atoms with Gasteiger partial charge >= 0.3 is 12.2 Å². The summed E-state index contributed by atoms with van der Waals surface area (Å²) in [4.78, 5) is 30.5. The van der Waals surface area contributed by atoms with E-state index in [2.05, 4.69) is 25.2 Å².